The van der Waals surface area contributed by atoms with Gasteiger partial charge in [0.05, 0.1) is 7.11 Å². The minimum Gasteiger partial charge on any atom is -0.452 e. The van der Waals surface area contributed by atoms with E-state index < -0.39 is 11.6 Å². The second kappa shape index (κ2) is 7.75. The first-order valence-corrected chi connectivity index (χ1v) is 8.84. The van der Waals surface area contributed by atoms with Crippen LogP contribution in [-0.4, -0.2) is 34.7 Å². The van der Waals surface area contributed by atoms with Crippen LogP contribution in [0.25, 0.3) is 0 Å². The van der Waals surface area contributed by atoms with Gasteiger partial charge in [0.2, 0.25) is 0 Å². The van der Waals surface area contributed by atoms with Gasteiger partial charge in [-0.3, -0.25) is 4.79 Å². The maximum atomic E-state index is 13.0. The molecule has 2 aliphatic rings. The maximum Gasteiger partial charge on any atom is 0.422 e. The van der Waals surface area contributed by atoms with Crippen molar-refractivity contribution in [2.45, 2.75) is 51.5 Å². The largest absolute Gasteiger partial charge is 0.452 e. The fourth-order valence-corrected chi connectivity index (χ4v) is 3.87. The van der Waals surface area contributed by atoms with E-state index in [4.69, 9.17) is 17.0 Å². The Labute approximate surface area is 148 Å². The molecule has 0 radical (unpaired) electrons. The molecule has 1 aliphatic heterocycles. The number of para-hydroxylation sites is 1. The van der Waals surface area contributed by atoms with Gasteiger partial charge in [-0.15, -0.1) is 0 Å². The van der Waals surface area contributed by atoms with Crippen molar-refractivity contribution >= 4 is 35.0 Å². The molecule has 1 heterocycles. The van der Waals surface area contributed by atoms with Gasteiger partial charge >= 0.3 is 6.09 Å². The van der Waals surface area contributed by atoms with E-state index in [1.165, 1.54) is 7.11 Å². The number of anilines is 1. The van der Waals surface area contributed by atoms with E-state index in [-0.39, 0.29) is 11.0 Å². The Bertz CT molecular complexity index is 612. The molecule has 0 atom stereocenters. The van der Waals surface area contributed by atoms with Crippen LogP contribution in [0, 0.1) is 0 Å². The van der Waals surface area contributed by atoms with E-state index in [0.29, 0.717) is 12.8 Å². The molecular weight excluding hydrogens is 324 g/mol. The van der Waals surface area contributed by atoms with Crippen LogP contribution >= 0.6 is 12.2 Å². The Kier molecular flexibility index (Phi) is 5.94. The smallest absolute Gasteiger partial charge is 0.422 e. The van der Waals surface area contributed by atoms with E-state index in [0.717, 1.165) is 29.8 Å². The van der Waals surface area contributed by atoms with Gasteiger partial charge < -0.3 is 9.64 Å². The number of nitrogens with zero attached hydrogens (tertiary/aromatic N) is 2. The molecule has 1 spiro atoms. The van der Waals surface area contributed by atoms with Crippen molar-refractivity contribution in [1.82, 2.24) is 4.90 Å². The van der Waals surface area contributed by atoms with E-state index in [1.807, 2.05) is 49.1 Å². The third-order valence-corrected chi connectivity index (χ3v) is 4.83. The molecule has 2 amide bonds. The number of benzene rings is 1. The number of hydrogen-bond donors (Lipinski definition) is 0. The Balaban J connectivity index is 0.00000100. The van der Waals surface area contributed by atoms with Crippen molar-refractivity contribution in [2.75, 3.05) is 12.0 Å². The molecule has 130 valence electrons. The van der Waals surface area contributed by atoms with E-state index in [2.05, 4.69) is 0 Å². The minimum absolute atomic E-state index is 0.213. The summed E-state index contributed by atoms with van der Waals surface area (Å²) in [4.78, 5) is 27.8. The topological polar surface area (TPSA) is 49.9 Å². The molecule has 5 nitrogen and oxygen atoms in total. The highest BCUT2D eigenvalue weighted by Gasteiger charge is 2.58. The molecule has 0 bridgehead atoms. The number of rotatable bonds is 1. The van der Waals surface area contributed by atoms with Gasteiger partial charge in [-0.2, -0.15) is 4.90 Å². The second-order valence-corrected chi connectivity index (χ2v) is 6.02. The van der Waals surface area contributed by atoms with E-state index in [1.54, 1.807) is 0 Å². The maximum absolute atomic E-state index is 13.0. The van der Waals surface area contributed by atoms with Crippen LogP contribution in [0.3, 0.4) is 0 Å². The molecule has 1 aromatic rings. The first kappa shape index (κ1) is 18.4. The average Bonchev–Trinajstić information content (AvgIpc) is 2.84. The van der Waals surface area contributed by atoms with Crippen molar-refractivity contribution < 1.29 is 14.3 Å². The number of carbonyl (C=O) groups excluding carboxylic acids is 2. The molecule has 1 aliphatic carbocycles. The normalized spacial score (nSPS) is 19.1. The Hall–Kier alpha value is -1.95. The molecule has 6 heteroatoms. The van der Waals surface area contributed by atoms with Gasteiger partial charge in [0.25, 0.3) is 5.91 Å². The average molecular weight is 348 g/mol. The van der Waals surface area contributed by atoms with Crippen LogP contribution < -0.4 is 4.90 Å². The molecule has 0 aromatic heterocycles. The van der Waals surface area contributed by atoms with Crippen LogP contribution in [0.15, 0.2) is 30.3 Å². The van der Waals surface area contributed by atoms with Gasteiger partial charge in [-0.25, -0.2) is 4.79 Å². The van der Waals surface area contributed by atoms with Gasteiger partial charge in [0.1, 0.15) is 5.54 Å². The summed E-state index contributed by atoms with van der Waals surface area (Å²) in [6.07, 6.45) is 3.70. The predicted molar refractivity (Wildman–Crippen MR) is 97.9 cm³/mol. The Morgan fingerprint density at radius 1 is 1.12 bits per heavy atom. The lowest BCUT2D eigenvalue weighted by atomic mass is 9.80. The zero-order valence-corrected chi connectivity index (χ0v) is 15.3. The number of hydrogen-bond acceptors (Lipinski definition) is 4. The number of thiocarbonyl (C=S) groups is 1. The van der Waals surface area contributed by atoms with Crippen molar-refractivity contribution in [3.63, 3.8) is 0 Å². The fraction of sp³-hybridized carbons (Fsp3) is 0.500. The molecule has 2 fully saturated rings. The molecular formula is C18H24N2O3S. The van der Waals surface area contributed by atoms with Gasteiger partial charge in [-0.05, 0) is 37.2 Å². The first-order valence-electron chi connectivity index (χ1n) is 8.43. The fourth-order valence-electron chi connectivity index (χ4n) is 3.43. The summed E-state index contributed by atoms with van der Waals surface area (Å²) in [7, 11) is 1.26. The van der Waals surface area contributed by atoms with E-state index >= 15 is 0 Å². The summed E-state index contributed by atoms with van der Waals surface area (Å²) in [5.41, 5.74) is 0.0966. The first-order chi connectivity index (χ1) is 11.6. The Morgan fingerprint density at radius 3 is 2.25 bits per heavy atom. The zero-order valence-electron chi connectivity index (χ0n) is 14.4. The van der Waals surface area contributed by atoms with E-state index in [9.17, 15) is 9.59 Å². The number of imide groups is 1. The van der Waals surface area contributed by atoms with Crippen molar-refractivity contribution in [1.29, 1.82) is 0 Å². The third kappa shape index (κ3) is 2.90. The number of ether oxygens (including phenoxy) is 1. The van der Waals surface area contributed by atoms with Crippen molar-refractivity contribution in [3.8, 4) is 0 Å². The summed E-state index contributed by atoms with van der Waals surface area (Å²) < 4.78 is 4.75. The van der Waals surface area contributed by atoms with Gasteiger partial charge in [0.15, 0.2) is 5.11 Å². The molecule has 24 heavy (non-hydrogen) atoms. The predicted octanol–water partition coefficient (Wildman–Crippen LogP) is 4.12. The standard InChI is InChI=1S/C16H18N2O3S.C2H6/c1-21-15(20)17-13(19)16(10-6-3-7-11-16)18(14(17)22)12-8-4-2-5-9-12;1-2/h2,4-5,8-9H,3,6-7,10-11H2,1H3;1-2H3. The van der Waals surface area contributed by atoms with Crippen LogP contribution in [0.5, 0.6) is 0 Å². The lowest BCUT2D eigenvalue weighted by molar-refractivity contribution is -0.130. The van der Waals surface area contributed by atoms with Gasteiger partial charge in [0, 0.05) is 5.69 Å². The summed E-state index contributed by atoms with van der Waals surface area (Å²) in [5.74, 6) is -0.257. The SMILES string of the molecule is CC.COC(=O)N1C(=O)C2(CCCCC2)N(c2ccccc2)C1=S. The number of carbonyl (C=O) groups is 2. The van der Waals surface area contributed by atoms with Crippen molar-refractivity contribution in [3.05, 3.63) is 30.3 Å². The molecule has 3 rings (SSSR count). The van der Waals surface area contributed by atoms with Crippen LogP contribution in [0.1, 0.15) is 46.0 Å². The number of methoxy groups -OCH3 is 1. The quantitative estimate of drug-likeness (QED) is 0.715. The lowest BCUT2D eigenvalue weighted by Gasteiger charge is -2.39. The molecule has 1 saturated carbocycles. The van der Waals surface area contributed by atoms with Crippen LogP contribution in [0.2, 0.25) is 0 Å². The third-order valence-electron chi connectivity index (χ3n) is 4.46. The highest BCUT2D eigenvalue weighted by molar-refractivity contribution is 7.80. The molecule has 0 N–H and O–H groups in total. The minimum atomic E-state index is -0.745. The van der Waals surface area contributed by atoms with Crippen LogP contribution in [0.4, 0.5) is 10.5 Å². The number of amides is 2. The van der Waals surface area contributed by atoms with Crippen molar-refractivity contribution in [2.24, 2.45) is 0 Å². The monoisotopic (exact) mass is 348 g/mol. The van der Waals surface area contributed by atoms with Crippen LogP contribution in [-0.2, 0) is 9.53 Å². The summed E-state index contributed by atoms with van der Waals surface area (Å²) in [5, 5.41) is 0.213. The highest BCUT2D eigenvalue weighted by Crippen LogP contribution is 2.43. The Morgan fingerprint density at radius 2 is 1.71 bits per heavy atom. The second-order valence-electron chi connectivity index (χ2n) is 5.66. The lowest BCUT2D eigenvalue weighted by Crippen LogP contribution is -2.51. The van der Waals surface area contributed by atoms with Gasteiger partial charge in [-0.1, -0.05) is 51.3 Å². The highest BCUT2D eigenvalue weighted by atomic mass is 32.1. The molecule has 0 unspecified atom stereocenters. The molecule has 1 saturated heterocycles. The molecule has 1 aromatic carbocycles. The summed E-state index contributed by atoms with van der Waals surface area (Å²) in [6.45, 7) is 4.00. The summed E-state index contributed by atoms with van der Waals surface area (Å²) >= 11 is 5.45. The zero-order chi connectivity index (χ0) is 17.7. The summed E-state index contributed by atoms with van der Waals surface area (Å²) in [6, 6.07) is 9.54.